The van der Waals surface area contributed by atoms with E-state index in [9.17, 15) is 4.79 Å². The molecule has 27 heavy (non-hydrogen) atoms. The molecule has 0 radical (unpaired) electrons. The minimum atomic E-state index is 0.0552. The van der Waals surface area contributed by atoms with Crippen molar-refractivity contribution in [2.75, 3.05) is 32.5 Å². The lowest BCUT2D eigenvalue weighted by atomic mass is 10.1. The molecule has 1 aliphatic heterocycles. The van der Waals surface area contributed by atoms with E-state index in [4.69, 9.17) is 0 Å². The molecule has 7 nitrogen and oxygen atoms in total. The van der Waals surface area contributed by atoms with Gasteiger partial charge in [-0.05, 0) is 46.5 Å². The van der Waals surface area contributed by atoms with Crippen molar-refractivity contribution in [2.24, 2.45) is 0 Å². The van der Waals surface area contributed by atoms with Crippen molar-refractivity contribution in [1.82, 2.24) is 24.2 Å². The largest absolute Gasteiger partial charge is 0.367 e. The highest BCUT2D eigenvalue weighted by Crippen LogP contribution is 2.32. The number of anilines is 1. The van der Waals surface area contributed by atoms with Crippen molar-refractivity contribution in [3.8, 4) is 0 Å². The first-order valence-corrected chi connectivity index (χ1v) is 9.43. The number of fused-ring (bicyclic) bond motifs is 3. The summed E-state index contributed by atoms with van der Waals surface area (Å²) in [6, 6.07) is 6.50. The molecule has 1 unspecified atom stereocenters. The third kappa shape index (κ3) is 3.02. The van der Waals surface area contributed by atoms with Crippen molar-refractivity contribution < 1.29 is 4.79 Å². The number of rotatable bonds is 4. The molecule has 4 heterocycles. The molecular formula is C20H26N6O. The first kappa shape index (κ1) is 17.7. The maximum Gasteiger partial charge on any atom is 0.256 e. The van der Waals surface area contributed by atoms with Crippen LogP contribution in [0.15, 0.2) is 30.7 Å². The van der Waals surface area contributed by atoms with Crippen LogP contribution in [-0.4, -0.2) is 69.3 Å². The Morgan fingerprint density at radius 1 is 1.30 bits per heavy atom. The summed E-state index contributed by atoms with van der Waals surface area (Å²) < 4.78 is 1.98. The van der Waals surface area contributed by atoms with Crippen molar-refractivity contribution in [3.63, 3.8) is 0 Å². The number of amides is 1. The molecule has 3 aromatic rings. The van der Waals surface area contributed by atoms with Gasteiger partial charge in [0.1, 0.15) is 12.1 Å². The standard InChI is InChI=1S/C20H26N6O/c1-13(2)23-18-17-16(20(27)25-10-8-14(11-25)24(3)4)15-7-5-6-9-26(15)19(17)22-12-21-18/h5-7,9,12-14H,8,10-11H2,1-4H3,(H,21,22,23). The summed E-state index contributed by atoms with van der Waals surface area (Å²) in [5, 5.41) is 4.18. The van der Waals surface area contributed by atoms with Crippen LogP contribution in [0.2, 0.25) is 0 Å². The van der Waals surface area contributed by atoms with Gasteiger partial charge in [0.15, 0.2) is 5.65 Å². The third-order valence-corrected chi connectivity index (χ3v) is 5.24. The molecule has 0 aliphatic carbocycles. The van der Waals surface area contributed by atoms with Gasteiger partial charge in [-0.2, -0.15) is 0 Å². The van der Waals surface area contributed by atoms with Gasteiger partial charge >= 0.3 is 0 Å². The highest BCUT2D eigenvalue weighted by Gasteiger charge is 2.32. The monoisotopic (exact) mass is 366 g/mol. The Balaban J connectivity index is 1.88. The number of likely N-dealkylation sites (N-methyl/N-ethyl adjacent to an activating group) is 1. The number of likely N-dealkylation sites (tertiary alicyclic amines) is 1. The van der Waals surface area contributed by atoms with E-state index in [1.807, 2.05) is 33.7 Å². The molecule has 3 aromatic heterocycles. The Kier molecular flexibility index (Phi) is 4.47. The highest BCUT2D eigenvalue weighted by molar-refractivity contribution is 6.16. The van der Waals surface area contributed by atoms with Crippen molar-refractivity contribution in [1.29, 1.82) is 0 Å². The van der Waals surface area contributed by atoms with Crippen LogP contribution in [-0.2, 0) is 0 Å². The summed E-state index contributed by atoms with van der Waals surface area (Å²) in [6.45, 7) is 5.65. The second-order valence-electron chi connectivity index (χ2n) is 7.71. The molecule has 7 heteroatoms. The van der Waals surface area contributed by atoms with Crippen LogP contribution in [0.1, 0.15) is 30.6 Å². The van der Waals surface area contributed by atoms with Crippen molar-refractivity contribution in [2.45, 2.75) is 32.4 Å². The fourth-order valence-electron chi connectivity index (χ4n) is 3.85. The molecular weight excluding hydrogens is 340 g/mol. The van der Waals surface area contributed by atoms with Gasteiger partial charge in [0.25, 0.3) is 5.91 Å². The summed E-state index contributed by atoms with van der Waals surface area (Å²) in [4.78, 5) is 26.6. The van der Waals surface area contributed by atoms with Gasteiger partial charge in [-0.1, -0.05) is 6.07 Å². The molecule has 1 saturated heterocycles. The predicted molar refractivity (Wildman–Crippen MR) is 107 cm³/mol. The van der Waals surface area contributed by atoms with Crippen LogP contribution in [0.5, 0.6) is 0 Å². The zero-order valence-corrected chi connectivity index (χ0v) is 16.3. The van der Waals surface area contributed by atoms with Gasteiger partial charge in [0.05, 0.1) is 16.5 Å². The number of hydrogen-bond donors (Lipinski definition) is 1. The molecule has 1 amide bonds. The fourth-order valence-corrected chi connectivity index (χ4v) is 3.85. The Bertz CT molecular complexity index is 993. The van der Waals surface area contributed by atoms with Crippen LogP contribution in [0.3, 0.4) is 0 Å². The van der Waals surface area contributed by atoms with Gasteiger partial charge in [0.2, 0.25) is 0 Å². The average molecular weight is 366 g/mol. The minimum absolute atomic E-state index is 0.0552. The van der Waals surface area contributed by atoms with Crippen LogP contribution >= 0.6 is 0 Å². The normalized spacial score (nSPS) is 17.6. The third-order valence-electron chi connectivity index (χ3n) is 5.24. The van der Waals surface area contributed by atoms with Crippen LogP contribution in [0, 0.1) is 0 Å². The number of carbonyl (C=O) groups is 1. The molecule has 142 valence electrons. The molecule has 0 spiro atoms. The lowest BCUT2D eigenvalue weighted by molar-refractivity contribution is 0.0787. The Hall–Kier alpha value is -2.67. The number of carbonyl (C=O) groups excluding carboxylic acids is 1. The van der Waals surface area contributed by atoms with E-state index in [2.05, 4.69) is 48.1 Å². The molecule has 1 aliphatic rings. The number of aromatic nitrogens is 3. The number of nitrogens with one attached hydrogen (secondary N) is 1. The van der Waals surface area contributed by atoms with E-state index in [1.54, 1.807) is 6.33 Å². The van der Waals surface area contributed by atoms with Gasteiger partial charge < -0.3 is 19.5 Å². The fraction of sp³-hybridized carbons (Fsp3) is 0.450. The molecule has 0 aromatic carbocycles. The van der Waals surface area contributed by atoms with E-state index in [0.29, 0.717) is 17.4 Å². The molecule has 4 rings (SSSR count). The molecule has 0 saturated carbocycles. The first-order valence-electron chi connectivity index (χ1n) is 9.43. The smallest absolute Gasteiger partial charge is 0.256 e. The quantitative estimate of drug-likeness (QED) is 0.768. The topological polar surface area (TPSA) is 65.8 Å². The number of pyridine rings is 1. The summed E-state index contributed by atoms with van der Waals surface area (Å²) in [5.41, 5.74) is 2.32. The lowest BCUT2D eigenvalue weighted by Gasteiger charge is -2.20. The Morgan fingerprint density at radius 2 is 2.11 bits per heavy atom. The molecule has 1 fully saturated rings. The van der Waals surface area contributed by atoms with E-state index < -0.39 is 0 Å². The molecule has 1 N–H and O–H groups in total. The van der Waals surface area contributed by atoms with Gasteiger partial charge in [-0.25, -0.2) is 9.97 Å². The van der Waals surface area contributed by atoms with Gasteiger partial charge in [0, 0.05) is 31.4 Å². The van der Waals surface area contributed by atoms with Crippen molar-refractivity contribution in [3.05, 3.63) is 36.3 Å². The molecule has 1 atom stereocenters. The van der Waals surface area contributed by atoms with Crippen LogP contribution in [0.25, 0.3) is 16.6 Å². The predicted octanol–water partition coefficient (Wildman–Crippen LogP) is 2.48. The van der Waals surface area contributed by atoms with Crippen molar-refractivity contribution >= 4 is 28.3 Å². The zero-order valence-electron chi connectivity index (χ0n) is 16.3. The number of hydrogen-bond acceptors (Lipinski definition) is 5. The summed E-state index contributed by atoms with van der Waals surface area (Å²) >= 11 is 0. The maximum absolute atomic E-state index is 13.6. The first-order chi connectivity index (χ1) is 13.0. The lowest BCUT2D eigenvalue weighted by Crippen LogP contribution is -2.34. The average Bonchev–Trinajstić information content (AvgIpc) is 3.25. The maximum atomic E-state index is 13.6. The second-order valence-corrected chi connectivity index (χ2v) is 7.71. The van der Waals surface area contributed by atoms with E-state index in [0.717, 1.165) is 36.1 Å². The Labute approximate surface area is 159 Å². The van der Waals surface area contributed by atoms with Gasteiger partial charge in [-0.15, -0.1) is 0 Å². The zero-order chi connectivity index (χ0) is 19.1. The SMILES string of the molecule is CC(C)Nc1ncnc2c1c(C(=O)N1CCC(N(C)C)C1)c1ccccn12. The summed E-state index contributed by atoms with van der Waals surface area (Å²) in [7, 11) is 4.14. The van der Waals surface area contributed by atoms with E-state index >= 15 is 0 Å². The summed E-state index contributed by atoms with van der Waals surface area (Å²) in [5.74, 6) is 0.769. The van der Waals surface area contributed by atoms with Gasteiger partial charge in [-0.3, -0.25) is 4.79 Å². The Morgan fingerprint density at radius 3 is 2.81 bits per heavy atom. The molecule has 0 bridgehead atoms. The number of nitrogens with zero attached hydrogens (tertiary/aromatic N) is 5. The van der Waals surface area contributed by atoms with Crippen LogP contribution in [0.4, 0.5) is 5.82 Å². The van der Waals surface area contributed by atoms with Crippen LogP contribution < -0.4 is 5.32 Å². The minimum Gasteiger partial charge on any atom is -0.367 e. The summed E-state index contributed by atoms with van der Waals surface area (Å²) in [6.07, 6.45) is 4.50. The van der Waals surface area contributed by atoms with E-state index in [1.165, 1.54) is 0 Å². The second kappa shape index (κ2) is 6.81. The van der Waals surface area contributed by atoms with E-state index in [-0.39, 0.29) is 11.9 Å². The highest BCUT2D eigenvalue weighted by atomic mass is 16.2.